The Balaban J connectivity index is 1.30. The summed E-state index contributed by atoms with van der Waals surface area (Å²) in [5.41, 5.74) is 6.82. The van der Waals surface area contributed by atoms with E-state index in [-0.39, 0.29) is 8.81 Å². The van der Waals surface area contributed by atoms with Gasteiger partial charge in [-0.25, -0.2) is 0 Å². The van der Waals surface area contributed by atoms with E-state index in [0.29, 0.717) is 5.75 Å². The number of hydrogen-bond acceptors (Lipinski definition) is 4. The fraction of sp³-hybridized carbons (Fsp3) is 0.0638. The zero-order chi connectivity index (χ0) is 35.9. The summed E-state index contributed by atoms with van der Waals surface area (Å²) in [5, 5.41) is 9.70. The standard InChI is InChI=1S/C47H36O4P2/c1-4-11-36-31(3)20-26-41-44(36)46-38-16-9-6-13-33(38)22-28-42(46)50-53(49-41)51-43-29-23-34-14-7-10-17-39(34)47(43)45-37-15-8-5-12-32(37)21-27-40(45)48-52-35-24-18-30(2)19-25-35/h4-29,52H,1-3H3/b11-4-. The normalized spacial score (nSPS) is 12.2. The first-order chi connectivity index (χ1) is 26.1. The molecule has 0 aliphatic rings. The first kappa shape index (κ1) is 33.1. The van der Waals surface area contributed by atoms with Crippen LogP contribution in [-0.2, 0) is 0 Å². The number of aryl methyl sites for hydroxylation is 2. The molecule has 53 heavy (non-hydrogen) atoms. The second kappa shape index (κ2) is 14.0. The predicted molar refractivity (Wildman–Crippen MR) is 226 cm³/mol. The Hall–Kier alpha value is -5.79. The van der Waals surface area contributed by atoms with Gasteiger partial charge in [0.1, 0.15) is 31.5 Å². The molecule has 2 atom stereocenters. The van der Waals surface area contributed by atoms with Gasteiger partial charge in [-0.2, -0.15) is 0 Å². The smallest absolute Gasteiger partial charge is 0.453 e. The van der Waals surface area contributed by atoms with Gasteiger partial charge in [-0.1, -0.05) is 139 Å². The maximum absolute atomic E-state index is 7.01. The summed E-state index contributed by atoms with van der Waals surface area (Å²) < 4.78 is 27.4. The van der Waals surface area contributed by atoms with E-state index in [1.807, 2.05) is 25.1 Å². The number of fused-ring (bicyclic) bond motifs is 7. The van der Waals surface area contributed by atoms with E-state index in [0.717, 1.165) is 87.6 Å². The Kier molecular flexibility index (Phi) is 8.72. The molecule has 0 saturated heterocycles. The van der Waals surface area contributed by atoms with Gasteiger partial charge in [0.15, 0.2) is 0 Å². The van der Waals surface area contributed by atoms with Gasteiger partial charge in [0.25, 0.3) is 0 Å². The van der Waals surface area contributed by atoms with Crippen LogP contribution in [0.4, 0.5) is 0 Å². The van der Waals surface area contributed by atoms with Crippen molar-refractivity contribution in [3.63, 3.8) is 0 Å². The van der Waals surface area contributed by atoms with Crippen LogP contribution in [0.25, 0.3) is 71.5 Å². The van der Waals surface area contributed by atoms with E-state index in [9.17, 15) is 0 Å². The fourth-order valence-electron chi connectivity index (χ4n) is 7.22. The lowest BCUT2D eigenvalue weighted by atomic mass is 9.92. The average Bonchev–Trinajstić information content (AvgIpc) is 3.35. The molecule has 9 aromatic rings. The highest BCUT2D eigenvalue weighted by Crippen LogP contribution is 2.50. The van der Waals surface area contributed by atoms with Gasteiger partial charge >= 0.3 is 8.24 Å². The van der Waals surface area contributed by atoms with Crippen LogP contribution in [0.2, 0.25) is 0 Å². The lowest BCUT2D eigenvalue weighted by Gasteiger charge is -2.18. The zero-order valence-corrected chi connectivity index (χ0v) is 31.5. The van der Waals surface area contributed by atoms with E-state index in [4.69, 9.17) is 17.4 Å². The van der Waals surface area contributed by atoms with Crippen LogP contribution in [0, 0.1) is 13.8 Å². The zero-order valence-electron chi connectivity index (χ0n) is 29.6. The number of allylic oxidation sites excluding steroid dienone is 1. The van der Waals surface area contributed by atoms with Crippen molar-refractivity contribution in [2.45, 2.75) is 20.8 Å². The van der Waals surface area contributed by atoms with Crippen molar-refractivity contribution >= 4 is 82.7 Å². The molecule has 0 spiro atoms. The molecule has 0 aliphatic carbocycles. The van der Waals surface area contributed by atoms with Crippen molar-refractivity contribution in [3.05, 3.63) is 168 Å². The van der Waals surface area contributed by atoms with Gasteiger partial charge < -0.3 is 17.4 Å². The predicted octanol–water partition coefficient (Wildman–Crippen LogP) is 14.2. The second-order valence-electron chi connectivity index (χ2n) is 13.2. The van der Waals surface area contributed by atoms with Gasteiger partial charge in [-0.05, 0) is 88.5 Å². The highest BCUT2D eigenvalue weighted by atomic mass is 31.1. The third kappa shape index (κ3) is 6.15. The molecule has 0 saturated carbocycles. The Morgan fingerprint density at radius 2 is 1.09 bits per heavy atom. The fourth-order valence-corrected chi connectivity index (χ4v) is 8.97. The molecule has 1 aromatic heterocycles. The van der Waals surface area contributed by atoms with Crippen molar-refractivity contribution in [3.8, 4) is 22.6 Å². The minimum Gasteiger partial charge on any atom is -0.472 e. The molecule has 0 N–H and O–H groups in total. The number of rotatable bonds is 7. The van der Waals surface area contributed by atoms with Crippen LogP contribution in [0.1, 0.15) is 23.6 Å². The number of benzene rings is 8. The van der Waals surface area contributed by atoms with Crippen molar-refractivity contribution in [1.29, 1.82) is 0 Å². The molecule has 258 valence electrons. The molecular formula is C47H36O4P2. The third-order valence-electron chi connectivity index (χ3n) is 9.78. The van der Waals surface area contributed by atoms with Crippen molar-refractivity contribution in [2.24, 2.45) is 0 Å². The van der Waals surface area contributed by atoms with Gasteiger partial charge in [0.2, 0.25) is 0 Å². The molecule has 6 heteroatoms. The first-order valence-electron chi connectivity index (χ1n) is 17.7. The Labute approximate surface area is 310 Å². The largest absolute Gasteiger partial charge is 0.472 e. The molecule has 9 rings (SSSR count). The van der Waals surface area contributed by atoms with Crippen LogP contribution >= 0.6 is 17.0 Å². The maximum atomic E-state index is 7.01. The molecule has 0 aliphatic heterocycles. The van der Waals surface area contributed by atoms with Crippen molar-refractivity contribution in [2.75, 3.05) is 0 Å². The van der Waals surface area contributed by atoms with E-state index in [1.54, 1.807) is 0 Å². The quantitative estimate of drug-likeness (QED) is 0.153. The molecule has 0 amide bonds. The van der Waals surface area contributed by atoms with E-state index < -0.39 is 8.24 Å². The van der Waals surface area contributed by atoms with Gasteiger partial charge in [0, 0.05) is 27.2 Å². The highest BCUT2D eigenvalue weighted by Gasteiger charge is 2.22. The average molecular weight is 727 g/mol. The highest BCUT2D eigenvalue weighted by molar-refractivity contribution is 7.42. The Morgan fingerprint density at radius 3 is 1.77 bits per heavy atom. The SMILES string of the molecule is C/C=C\c1c(C)ccc2op(Oc3ccc4ccccc4c3-c3c(OPc4ccc(C)cc4)ccc4ccccc34)oc3ccc4ccccc4c3c12. The number of hydrogen-bond donors (Lipinski definition) is 0. The lowest BCUT2D eigenvalue weighted by molar-refractivity contribution is 0.499. The second-order valence-corrected chi connectivity index (χ2v) is 15.2. The van der Waals surface area contributed by atoms with Crippen molar-refractivity contribution in [1.82, 2.24) is 0 Å². The van der Waals surface area contributed by atoms with E-state index >= 15 is 0 Å². The Bertz CT molecular complexity index is 2910. The van der Waals surface area contributed by atoms with Crippen LogP contribution in [0.5, 0.6) is 11.5 Å². The molecule has 1 heterocycles. The molecule has 4 nitrogen and oxygen atoms in total. The van der Waals surface area contributed by atoms with Crippen LogP contribution in [0.15, 0.2) is 160 Å². The molecular weight excluding hydrogens is 690 g/mol. The topological polar surface area (TPSA) is 44.7 Å². The van der Waals surface area contributed by atoms with Gasteiger partial charge in [-0.15, -0.1) is 0 Å². The van der Waals surface area contributed by atoms with Crippen LogP contribution in [-0.4, -0.2) is 0 Å². The summed E-state index contributed by atoms with van der Waals surface area (Å²) >= 11 is 0. The summed E-state index contributed by atoms with van der Waals surface area (Å²) in [4.78, 5) is 0. The summed E-state index contributed by atoms with van der Waals surface area (Å²) in [6, 6.07) is 50.4. The van der Waals surface area contributed by atoms with Gasteiger partial charge in [0.05, 0.1) is 0 Å². The van der Waals surface area contributed by atoms with Crippen LogP contribution < -0.4 is 14.4 Å². The summed E-state index contributed by atoms with van der Waals surface area (Å²) in [7, 11) is -1.83. The molecule has 8 aromatic carbocycles. The summed E-state index contributed by atoms with van der Waals surface area (Å²) in [5.74, 6) is 1.44. The molecule has 0 bridgehead atoms. The Morgan fingerprint density at radius 1 is 0.547 bits per heavy atom. The minimum atomic E-state index is -1.96. The lowest BCUT2D eigenvalue weighted by Crippen LogP contribution is -1.98. The van der Waals surface area contributed by atoms with Crippen molar-refractivity contribution < 1.29 is 17.4 Å². The monoisotopic (exact) mass is 726 g/mol. The van der Waals surface area contributed by atoms with E-state index in [1.165, 1.54) is 5.56 Å². The van der Waals surface area contributed by atoms with Crippen LogP contribution in [0.3, 0.4) is 0 Å². The molecule has 2 unspecified atom stereocenters. The minimum absolute atomic E-state index is 0.126. The van der Waals surface area contributed by atoms with Gasteiger partial charge in [-0.3, -0.25) is 0 Å². The maximum Gasteiger partial charge on any atom is 0.453 e. The summed E-state index contributed by atoms with van der Waals surface area (Å²) in [6.45, 7) is 6.28. The third-order valence-corrected chi connectivity index (χ3v) is 11.7. The molecule has 0 radical (unpaired) electrons. The first-order valence-corrected chi connectivity index (χ1v) is 19.7. The van der Waals surface area contributed by atoms with E-state index in [2.05, 4.69) is 153 Å². The summed E-state index contributed by atoms with van der Waals surface area (Å²) in [6.07, 6.45) is 4.22. The molecule has 0 fully saturated rings.